The topological polar surface area (TPSA) is 44.5 Å². The molecule has 106 valence electrons. The Morgan fingerprint density at radius 1 is 1.32 bits per heavy atom. The van der Waals surface area contributed by atoms with Gasteiger partial charge in [0.15, 0.2) is 11.5 Å². The van der Waals surface area contributed by atoms with Crippen molar-refractivity contribution in [1.82, 2.24) is 0 Å². The van der Waals surface area contributed by atoms with Crippen molar-refractivity contribution in [1.29, 1.82) is 0 Å². The number of rotatable bonds is 6. The Bertz CT molecular complexity index is 417. The number of halogens is 1. The summed E-state index contributed by atoms with van der Waals surface area (Å²) in [4.78, 5) is 0. The Morgan fingerprint density at radius 3 is 2.68 bits per heavy atom. The molecule has 0 spiro atoms. The van der Waals surface area contributed by atoms with Crippen LogP contribution in [-0.4, -0.2) is 19.8 Å². The molecular weight excluding hydrogens is 262 g/mol. The molecule has 1 aliphatic rings. The molecule has 0 bridgehead atoms. The summed E-state index contributed by atoms with van der Waals surface area (Å²) in [5.74, 6) is 1.42. The van der Waals surface area contributed by atoms with Gasteiger partial charge in [-0.2, -0.15) is 0 Å². The Labute approximate surface area is 120 Å². The Morgan fingerprint density at radius 2 is 2.05 bits per heavy atom. The van der Waals surface area contributed by atoms with Crippen LogP contribution in [-0.2, 0) is 6.42 Å². The highest BCUT2D eigenvalue weighted by atomic mass is 35.5. The van der Waals surface area contributed by atoms with Crippen molar-refractivity contribution >= 4 is 11.6 Å². The Balaban J connectivity index is 2.18. The SMILES string of the molecule is COc1c(Cl)cc(CCCN)cc1OC1CCCC1. The fraction of sp³-hybridized carbons (Fsp3) is 0.600. The lowest BCUT2D eigenvalue weighted by Gasteiger charge is -2.18. The fourth-order valence-electron chi connectivity index (χ4n) is 2.54. The first-order chi connectivity index (χ1) is 9.24. The number of hydrogen-bond acceptors (Lipinski definition) is 3. The molecule has 0 aliphatic heterocycles. The Kier molecular flexibility index (Phi) is 5.34. The molecule has 0 saturated heterocycles. The van der Waals surface area contributed by atoms with E-state index in [9.17, 15) is 0 Å². The van der Waals surface area contributed by atoms with E-state index in [1.165, 1.54) is 12.8 Å². The van der Waals surface area contributed by atoms with Crippen molar-refractivity contribution in [2.24, 2.45) is 5.73 Å². The van der Waals surface area contributed by atoms with E-state index < -0.39 is 0 Å². The predicted octanol–water partition coefficient (Wildman–Crippen LogP) is 3.56. The number of ether oxygens (including phenoxy) is 2. The summed E-state index contributed by atoms with van der Waals surface area (Å²) < 4.78 is 11.4. The molecule has 0 atom stereocenters. The second-order valence-electron chi connectivity index (χ2n) is 5.03. The van der Waals surface area contributed by atoms with Crippen LogP contribution in [0.4, 0.5) is 0 Å². The van der Waals surface area contributed by atoms with Gasteiger partial charge in [0.25, 0.3) is 0 Å². The van der Waals surface area contributed by atoms with Crippen molar-refractivity contribution in [2.45, 2.75) is 44.6 Å². The molecule has 0 radical (unpaired) electrons. The maximum absolute atomic E-state index is 6.26. The molecule has 1 fully saturated rings. The largest absolute Gasteiger partial charge is 0.491 e. The van der Waals surface area contributed by atoms with Gasteiger partial charge >= 0.3 is 0 Å². The van der Waals surface area contributed by atoms with E-state index in [0.29, 0.717) is 23.4 Å². The molecule has 4 heteroatoms. The second kappa shape index (κ2) is 7.01. The molecule has 1 saturated carbocycles. The zero-order valence-electron chi connectivity index (χ0n) is 11.5. The first-order valence-electron chi connectivity index (χ1n) is 6.97. The number of methoxy groups -OCH3 is 1. The fourth-order valence-corrected chi connectivity index (χ4v) is 2.85. The molecule has 19 heavy (non-hydrogen) atoms. The summed E-state index contributed by atoms with van der Waals surface area (Å²) in [6.07, 6.45) is 6.89. The van der Waals surface area contributed by atoms with Crippen molar-refractivity contribution in [3.05, 3.63) is 22.7 Å². The zero-order valence-corrected chi connectivity index (χ0v) is 12.2. The maximum atomic E-state index is 6.26. The van der Waals surface area contributed by atoms with Gasteiger partial charge < -0.3 is 15.2 Å². The lowest BCUT2D eigenvalue weighted by molar-refractivity contribution is 0.200. The van der Waals surface area contributed by atoms with E-state index >= 15 is 0 Å². The van der Waals surface area contributed by atoms with Gasteiger partial charge in [-0.25, -0.2) is 0 Å². The first-order valence-corrected chi connectivity index (χ1v) is 7.35. The summed E-state index contributed by atoms with van der Waals surface area (Å²) in [7, 11) is 1.63. The van der Waals surface area contributed by atoms with E-state index in [1.54, 1.807) is 7.11 Å². The van der Waals surface area contributed by atoms with Crippen LogP contribution in [0.15, 0.2) is 12.1 Å². The molecule has 2 N–H and O–H groups in total. The van der Waals surface area contributed by atoms with Gasteiger partial charge in [0.05, 0.1) is 18.2 Å². The normalized spacial score (nSPS) is 15.7. The van der Waals surface area contributed by atoms with Crippen LogP contribution in [0.1, 0.15) is 37.7 Å². The van der Waals surface area contributed by atoms with Gasteiger partial charge in [-0.15, -0.1) is 0 Å². The van der Waals surface area contributed by atoms with Gasteiger partial charge in [-0.3, -0.25) is 0 Å². The van der Waals surface area contributed by atoms with Gasteiger partial charge in [0, 0.05) is 0 Å². The third-order valence-electron chi connectivity index (χ3n) is 3.54. The molecule has 1 aromatic carbocycles. The van der Waals surface area contributed by atoms with Crippen LogP contribution in [0.25, 0.3) is 0 Å². The minimum atomic E-state index is 0.301. The van der Waals surface area contributed by atoms with Gasteiger partial charge in [0.1, 0.15) is 0 Å². The molecule has 1 aromatic rings. The van der Waals surface area contributed by atoms with Gasteiger partial charge in [0.2, 0.25) is 0 Å². The molecule has 0 amide bonds. The third-order valence-corrected chi connectivity index (χ3v) is 3.82. The molecule has 0 heterocycles. The van der Waals surface area contributed by atoms with Gasteiger partial charge in [-0.1, -0.05) is 11.6 Å². The second-order valence-corrected chi connectivity index (χ2v) is 5.43. The number of aryl methyl sites for hydroxylation is 1. The van der Waals surface area contributed by atoms with Crippen LogP contribution < -0.4 is 15.2 Å². The van der Waals surface area contributed by atoms with Crippen molar-refractivity contribution in [3.63, 3.8) is 0 Å². The van der Waals surface area contributed by atoms with Crippen LogP contribution in [0.2, 0.25) is 5.02 Å². The summed E-state index contributed by atoms with van der Waals surface area (Å²) in [5, 5.41) is 0.616. The molecule has 1 aliphatic carbocycles. The van der Waals surface area contributed by atoms with Crippen LogP contribution in [0, 0.1) is 0 Å². The summed E-state index contributed by atoms with van der Waals surface area (Å²) in [6.45, 7) is 0.683. The van der Waals surface area contributed by atoms with E-state index in [0.717, 1.165) is 37.0 Å². The Hall–Kier alpha value is -0.930. The highest BCUT2D eigenvalue weighted by Gasteiger charge is 2.20. The van der Waals surface area contributed by atoms with Crippen molar-refractivity contribution in [3.8, 4) is 11.5 Å². The van der Waals surface area contributed by atoms with E-state index in [4.69, 9.17) is 26.8 Å². The first kappa shape index (κ1) is 14.5. The molecule has 3 nitrogen and oxygen atoms in total. The maximum Gasteiger partial charge on any atom is 0.179 e. The van der Waals surface area contributed by atoms with Crippen LogP contribution in [0.3, 0.4) is 0 Å². The van der Waals surface area contributed by atoms with Crippen molar-refractivity contribution < 1.29 is 9.47 Å². The van der Waals surface area contributed by atoms with Gasteiger partial charge in [-0.05, 0) is 62.8 Å². The summed E-state index contributed by atoms with van der Waals surface area (Å²) in [6, 6.07) is 3.98. The highest BCUT2D eigenvalue weighted by molar-refractivity contribution is 6.32. The number of benzene rings is 1. The van der Waals surface area contributed by atoms with Crippen molar-refractivity contribution in [2.75, 3.05) is 13.7 Å². The van der Waals surface area contributed by atoms with Crippen LogP contribution in [0.5, 0.6) is 11.5 Å². The molecule has 0 unspecified atom stereocenters. The average molecular weight is 284 g/mol. The summed E-state index contributed by atoms with van der Waals surface area (Å²) >= 11 is 6.26. The molecule has 2 rings (SSSR count). The minimum Gasteiger partial charge on any atom is -0.491 e. The van der Waals surface area contributed by atoms with E-state index in [-0.39, 0.29) is 0 Å². The monoisotopic (exact) mass is 283 g/mol. The zero-order chi connectivity index (χ0) is 13.7. The van der Waals surface area contributed by atoms with E-state index in [2.05, 4.69) is 0 Å². The predicted molar refractivity (Wildman–Crippen MR) is 78.3 cm³/mol. The highest BCUT2D eigenvalue weighted by Crippen LogP contribution is 2.38. The molecular formula is C15H22ClNO2. The lowest BCUT2D eigenvalue weighted by Crippen LogP contribution is -2.12. The number of nitrogens with two attached hydrogens (primary N) is 1. The minimum absolute atomic E-state index is 0.301. The lowest BCUT2D eigenvalue weighted by atomic mass is 10.1. The average Bonchev–Trinajstić information content (AvgIpc) is 2.89. The standard InChI is InChI=1S/C15H22ClNO2/c1-18-15-13(16)9-11(5-4-8-17)10-14(15)19-12-6-2-3-7-12/h9-10,12H,2-8,17H2,1H3. The van der Waals surface area contributed by atoms with Crippen LogP contribution >= 0.6 is 11.6 Å². The van der Waals surface area contributed by atoms with E-state index in [1.807, 2.05) is 12.1 Å². The summed E-state index contributed by atoms with van der Waals surface area (Å²) in [5.41, 5.74) is 6.71. The quantitative estimate of drug-likeness (QED) is 0.868. The molecule has 0 aromatic heterocycles. The third kappa shape index (κ3) is 3.77. The number of hydrogen-bond donors (Lipinski definition) is 1. The smallest absolute Gasteiger partial charge is 0.179 e.